The van der Waals surface area contributed by atoms with E-state index >= 15 is 0 Å². The quantitative estimate of drug-likeness (QED) is 0.547. The largest absolute Gasteiger partial charge is 0.446 e. The van der Waals surface area contributed by atoms with Gasteiger partial charge >= 0.3 is 6.09 Å². The van der Waals surface area contributed by atoms with Crippen molar-refractivity contribution in [2.45, 2.75) is 58.2 Å². The first kappa shape index (κ1) is 22.6. The number of piperidine rings is 1. The molecule has 1 aromatic carbocycles. The summed E-state index contributed by atoms with van der Waals surface area (Å²) in [6.07, 6.45) is 7.33. The van der Waals surface area contributed by atoms with Gasteiger partial charge in [-0.15, -0.1) is 10.2 Å². The number of aromatic nitrogens is 5. The Hall–Kier alpha value is -3.20. The molecule has 10 heteroatoms. The highest BCUT2D eigenvalue weighted by molar-refractivity contribution is 6.30. The molecule has 2 aliphatic rings. The first-order chi connectivity index (χ1) is 16.5. The van der Waals surface area contributed by atoms with Crippen molar-refractivity contribution in [3.63, 3.8) is 0 Å². The van der Waals surface area contributed by atoms with E-state index in [0.717, 1.165) is 61.1 Å². The van der Waals surface area contributed by atoms with Crippen LogP contribution in [0.15, 0.2) is 36.8 Å². The lowest BCUT2D eigenvalue weighted by atomic mass is 9.95. The molecule has 1 saturated heterocycles. The molecule has 0 unspecified atom stereocenters. The van der Waals surface area contributed by atoms with Crippen LogP contribution in [0.3, 0.4) is 0 Å². The molecule has 0 bridgehead atoms. The first-order valence-electron chi connectivity index (χ1n) is 11.7. The average Bonchev–Trinajstić information content (AvgIpc) is 3.20. The minimum Gasteiger partial charge on any atom is -0.446 e. The van der Waals surface area contributed by atoms with Crippen LogP contribution in [0.4, 0.5) is 10.6 Å². The smallest absolute Gasteiger partial charge is 0.410 e. The van der Waals surface area contributed by atoms with Gasteiger partial charge in [-0.1, -0.05) is 18.5 Å². The molecule has 3 aromatic rings. The van der Waals surface area contributed by atoms with E-state index in [9.17, 15) is 4.79 Å². The molecule has 9 nitrogen and oxygen atoms in total. The van der Waals surface area contributed by atoms with Gasteiger partial charge in [-0.2, -0.15) is 0 Å². The summed E-state index contributed by atoms with van der Waals surface area (Å²) in [6.45, 7) is 6.35. The maximum absolute atomic E-state index is 12.9. The summed E-state index contributed by atoms with van der Waals surface area (Å²) < 4.78 is 7.73. The fourth-order valence-electron chi connectivity index (χ4n) is 4.57. The number of carbonyl (C=O) groups is 1. The molecular formula is C24H28ClN7O2. The van der Waals surface area contributed by atoms with E-state index in [4.69, 9.17) is 16.3 Å². The van der Waals surface area contributed by atoms with Gasteiger partial charge in [0.05, 0.1) is 25.0 Å². The highest BCUT2D eigenvalue weighted by Gasteiger charge is 2.32. The Labute approximate surface area is 203 Å². The molecule has 0 radical (unpaired) electrons. The van der Waals surface area contributed by atoms with Crippen LogP contribution < -0.4 is 4.90 Å². The Balaban J connectivity index is 1.43. The minimum absolute atomic E-state index is 0.150. The molecule has 34 heavy (non-hydrogen) atoms. The van der Waals surface area contributed by atoms with Crippen molar-refractivity contribution in [1.29, 1.82) is 0 Å². The second-order valence-corrected chi connectivity index (χ2v) is 9.30. The molecule has 4 heterocycles. The molecule has 5 rings (SSSR count). The summed E-state index contributed by atoms with van der Waals surface area (Å²) in [5.74, 6) is 2.80. The van der Waals surface area contributed by atoms with Gasteiger partial charge in [0.1, 0.15) is 17.7 Å². The van der Waals surface area contributed by atoms with Crippen molar-refractivity contribution in [2.75, 3.05) is 18.0 Å². The van der Waals surface area contributed by atoms with Crippen LogP contribution >= 0.6 is 11.6 Å². The standard InChI is InChI=1S/C24H28ClN7O2/c1-3-16(2)34-24(33)31-14-18-12-19(25)4-5-20(18)32-22(15-31)28-29-23(32)17-6-10-30(11-7-17)21-13-26-8-9-27-21/h4-5,8-9,12-13,16-17H,3,6-7,10-11,14-15H2,1-2H3/t16-/m1/s1. The van der Waals surface area contributed by atoms with Crippen molar-refractivity contribution in [2.24, 2.45) is 0 Å². The highest BCUT2D eigenvalue weighted by Crippen LogP contribution is 2.34. The van der Waals surface area contributed by atoms with Crippen LogP contribution in [-0.4, -0.2) is 54.9 Å². The lowest BCUT2D eigenvalue weighted by Crippen LogP contribution is -2.34. The van der Waals surface area contributed by atoms with E-state index in [1.54, 1.807) is 23.5 Å². The summed E-state index contributed by atoms with van der Waals surface area (Å²) in [5, 5.41) is 9.75. The Bertz CT molecular complexity index is 1160. The van der Waals surface area contributed by atoms with Crippen molar-refractivity contribution in [3.05, 3.63) is 59.0 Å². The van der Waals surface area contributed by atoms with Gasteiger partial charge in [0, 0.05) is 36.4 Å². The fraction of sp³-hybridized carbons (Fsp3) is 0.458. The van der Waals surface area contributed by atoms with Crippen molar-refractivity contribution in [3.8, 4) is 5.69 Å². The zero-order valence-corrected chi connectivity index (χ0v) is 20.1. The van der Waals surface area contributed by atoms with Crippen LogP contribution in [0.2, 0.25) is 5.02 Å². The van der Waals surface area contributed by atoms with E-state index in [0.29, 0.717) is 18.1 Å². The lowest BCUT2D eigenvalue weighted by Gasteiger charge is -2.32. The van der Waals surface area contributed by atoms with Crippen molar-refractivity contribution < 1.29 is 9.53 Å². The average molecular weight is 482 g/mol. The maximum atomic E-state index is 12.9. The van der Waals surface area contributed by atoms with Gasteiger partial charge in [0.15, 0.2) is 5.82 Å². The number of fused-ring (bicyclic) bond motifs is 3. The Morgan fingerprint density at radius 1 is 1.21 bits per heavy atom. The number of hydrogen-bond acceptors (Lipinski definition) is 7. The summed E-state index contributed by atoms with van der Waals surface area (Å²) in [4.78, 5) is 25.5. The number of amides is 1. The number of anilines is 1. The molecule has 0 aliphatic carbocycles. The normalized spacial score (nSPS) is 17.0. The van der Waals surface area contributed by atoms with Crippen molar-refractivity contribution in [1.82, 2.24) is 29.6 Å². The molecule has 1 amide bonds. The third-order valence-corrected chi connectivity index (χ3v) is 6.83. The van der Waals surface area contributed by atoms with Crippen LogP contribution in [0.5, 0.6) is 0 Å². The van der Waals surface area contributed by atoms with E-state index in [-0.39, 0.29) is 18.1 Å². The summed E-state index contributed by atoms with van der Waals surface area (Å²) in [6, 6.07) is 5.78. The molecule has 1 atom stereocenters. The monoisotopic (exact) mass is 481 g/mol. The molecule has 1 fully saturated rings. The van der Waals surface area contributed by atoms with Gasteiger partial charge in [0.25, 0.3) is 0 Å². The lowest BCUT2D eigenvalue weighted by molar-refractivity contribution is 0.0637. The summed E-state index contributed by atoms with van der Waals surface area (Å²) in [5.41, 5.74) is 1.92. The van der Waals surface area contributed by atoms with Crippen LogP contribution in [0, 0.1) is 0 Å². The third-order valence-electron chi connectivity index (χ3n) is 6.60. The molecule has 0 spiro atoms. The highest BCUT2D eigenvalue weighted by atomic mass is 35.5. The number of ether oxygens (including phenoxy) is 1. The predicted molar refractivity (Wildman–Crippen MR) is 128 cm³/mol. The Kier molecular flexibility index (Phi) is 6.36. The zero-order valence-electron chi connectivity index (χ0n) is 19.4. The molecule has 2 aliphatic heterocycles. The van der Waals surface area contributed by atoms with Gasteiger partial charge < -0.3 is 9.64 Å². The Morgan fingerprint density at radius 2 is 2.03 bits per heavy atom. The van der Waals surface area contributed by atoms with Crippen LogP contribution in [-0.2, 0) is 17.8 Å². The molecule has 178 valence electrons. The van der Waals surface area contributed by atoms with E-state index < -0.39 is 0 Å². The second kappa shape index (κ2) is 9.58. The van der Waals surface area contributed by atoms with Gasteiger partial charge in [-0.05, 0) is 49.9 Å². The third kappa shape index (κ3) is 4.44. The minimum atomic E-state index is -0.351. The SMILES string of the molecule is CC[C@@H](C)OC(=O)N1Cc2cc(Cl)ccc2-n2c(nnc2C2CCN(c3cnccn3)CC2)C1. The Morgan fingerprint density at radius 3 is 2.76 bits per heavy atom. The number of benzene rings is 1. The maximum Gasteiger partial charge on any atom is 0.410 e. The van der Waals surface area contributed by atoms with Gasteiger partial charge in [-0.3, -0.25) is 14.5 Å². The van der Waals surface area contributed by atoms with E-state index in [1.807, 2.05) is 32.0 Å². The first-order valence-corrected chi connectivity index (χ1v) is 12.1. The van der Waals surface area contributed by atoms with E-state index in [1.165, 1.54) is 0 Å². The fourth-order valence-corrected chi connectivity index (χ4v) is 4.77. The number of halogens is 1. The molecule has 0 N–H and O–H groups in total. The molecule has 0 saturated carbocycles. The molecule has 2 aromatic heterocycles. The summed E-state index contributed by atoms with van der Waals surface area (Å²) >= 11 is 6.34. The van der Waals surface area contributed by atoms with Gasteiger partial charge in [-0.25, -0.2) is 9.78 Å². The van der Waals surface area contributed by atoms with Crippen molar-refractivity contribution >= 4 is 23.5 Å². The zero-order chi connectivity index (χ0) is 23.7. The number of hydrogen-bond donors (Lipinski definition) is 0. The molecular weight excluding hydrogens is 454 g/mol. The second-order valence-electron chi connectivity index (χ2n) is 8.87. The van der Waals surface area contributed by atoms with Crippen LogP contribution in [0.25, 0.3) is 5.69 Å². The van der Waals surface area contributed by atoms with Crippen LogP contribution in [0.1, 0.15) is 56.2 Å². The van der Waals surface area contributed by atoms with Gasteiger partial charge in [0.2, 0.25) is 0 Å². The number of rotatable bonds is 4. The number of nitrogens with zero attached hydrogens (tertiary/aromatic N) is 7. The topological polar surface area (TPSA) is 89.3 Å². The number of carbonyl (C=O) groups excluding carboxylic acids is 1. The van der Waals surface area contributed by atoms with E-state index in [2.05, 4.69) is 29.6 Å². The predicted octanol–water partition coefficient (Wildman–Crippen LogP) is 4.35. The summed E-state index contributed by atoms with van der Waals surface area (Å²) in [7, 11) is 0.